The van der Waals surface area contributed by atoms with Gasteiger partial charge in [0.25, 0.3) is 0 Å². The number of aliphatic hydroxyl groups is 4. The Balaban J connectivity index is 2.74. The number of β-amino-alcohol motifs (C(OH)–C–C–N with tert-alkyl or cyclic N) is 1. The van der Waals surface area contributed by atoms with Crippen LogP contribution in [-0.2, 0) is 4.79 Å². The van der Waals surface area contributed by atoms with Crippen molar-refractivity contribution in [2.45, 2.75) is 30.8 Å². The predicted molar refractivity (Wildman–Crippen MR) is 54.5 cm³/mol. The molecule has 1 amide bonds. The molecule has 1 heterocycles. The summed E-state index contributed by atoms with van der Waals surface area (Å²) in [5, 5.41) is 43.1. The van der Waals surface area contributed by atoms with Crippen LogP contribution in [-0.4, -0.2) is 69.9 Å². The minimum absolute atomic E-state index is 0.0240. The van der Waals surface area contributed by atoms with Gasteiger partial charge in [-0.3, -0.25) is 4.79 Å². The maximum absolute atomic E-state index is 10.8. The fourth-order valence-electron chi connectivity index (χ4n) is 1.73. The molecule has 0 aromatic heterocycles. The first-order chi connectivity index (χ1) is 7.43. The summed E-state index contributed by atoms with van der Waals surface area (Å²) in [7, 11) is 0. The zero-order valence-corrected chi connectivity index (χ0v) is 9.05. The Morgan fingerprint density at radius 1 is 1.50 bits per heavy atom. The molecule has 0 aromatic rings. The first-order valence-electron chi connectivity index (χ1n) is 5.07. The number of hydrogen-bond acceptors (Lipinski definition) is 6. The third-order valence-electron chi connectivity index (χ3n) is 2.88. The van der Waals surface area contributed by atoms with Crippen molar-refractivity contribution in [3.63, 3.8) is 0 Å². The summed E-state index contributed by atoms with van der Waals surface area (Å²) in [6.07, 6.45) is -3.79. The lowest BCUT2D eigenvalue weighted by Gasteiger charge is -2.45. The van der Waals surface area contributed by atoms with Crippen molar-refractivity contribution in [2.24, 2.45) is 0 Å². The summed E-state index contributed by atoms with van der Waals surface area (Å²) < 4.78 is 0. The van der Waals surface area contributed by atoms with E-state index in [0.29, 0.717) is 0 Å². The van der Waals surface area contributed by atoms with Crippen LogP contribution in [0, 0.1) is 0 Å². The maximum atomic E-state index is 10.8. The molecule has 16 heavy (non-hydrogen) atoms. The molecule has 0 bridgehead atoms. The monoisotopic (exact) mass is 234 g/mol. The number of amides is 1. The van der Waals surface area contributed by atoms with E-state index in [1.165, 1.54) is 6.92 Å². The molecular formula is C9H18N2O5. The fourth-order valence-corrected chi connectivity index (χ4v) is 1.73. The van der Waals surface area contributed by atoms with Gasteiger partial charge in [-0.15, -0.1) is 0 Å². The van der Waals surface area contributed by atoms with Crippen molar-refractivity contribution in [2.75, 3.05) is 19.7 Å². The average molecular weight is 234 g/mol. The van der Waals surface area contributed by atoms with Crippen molar-refractivity contribution >= 4 is 5.91 Å². The predicted octanol–water partition coefficient (Wildman–Crippen LogP) is -3.46. The SMILES string of the molecule is CC(=O)NCC1(CO)NCC(O)C(O)C1O. The Morgan fingerprint density at radius 2 is 2.12 bits per heavy atom. The van der Waals surface area contributed by atoms with E-state index < -0.39 is 30.5 Å². The smallest absolute Gasteiger partial charge is 0.216 e. The third-order valence-corrected chi connectivity index (χ3v) is 2.88. The molecule has 94 valence electrons. The van der Waals surface area contributed by atoms with Crippen LogP contribution >= 0.6 is 0 Å². The Hall–Kier alpha value is -0.730. The number of aliphatic hydroxyl groups excluding tert-OH is 4. The lowest BCUT2D eigenvalue weighted by molar-refractivity contribution is -0.135. The topological polar surface area (TPSA) is 122 Å². The summed E-state index contributed by atoms with van der Waals surface area (Å²) in [4.78, 5) is 10.8. The van der Waals surface area contributed by atoms with Gasteiger partial charge < -0.3 is 31.1 Å². The van der Waals surface area contributed by atoms with Crippen LogP contribution in [0.25, 0.3) is 0 Å². The van der Waals surface area contributed by atoms with Gasteiger partial charge in [-0.05, 0) is 0 Å². The van der Waals surface area contributed by atoms with Crippen LogP contribution in [0.15, 0.2) is 0 Å². The van der Waals surface area contributed by atoms with Gasteiger partial charge in [-0.25, -0.2) is 0 Å². The highest BCUT2D eigenvalue weighted by Crippen LogP contribution is 2.20. The summed E-state index contributed by atoms with van der Waals surface area (Å²) in [6, 6.07) is 0. The molecule has 0 spiro atoms. The molecule has 1 aliphatic heterocycles. The molecule has 1 fully saturated rings. The Labute approximate surface area is 93.1 Å². The standard InChI is InChI=1S/C9H18N2O5/c1-5(13)10-3-9(4-12)8(16)7(15)6(14)2-11-9/h6-8,11-12,14-16H,2-4H2,1H3,(H,10,13). The number of carbonyl (C=O) groups excluding carboxylic acids is 1. The van der Waals surface area contributed by atoms with E-state index in [9.17, 15) is 25.2 Å². The zero-order valence-electron chi connectivity index (χ0n) is 9.05. The highest BCUT2D eigenvalue weighted by Gasteiger charge is 2.47. The highest BCUT2D eigenvalue weighted by molar-refractivity contribution is 5.72. The van der Waals surface area contributed by atoms with Crippen LogP contribution in [0.2, 0.25) is 0 Å². The number of nitrogens with one attached hydrogen (secondary N) is 2. The van der Waals surface area contributed by atoms with E-state index in [4.69, 9.17) is 0 Å². The van der Waals surface area contributed by atoms with Gasteiger partial charge in [0.05, 0.1) is 18.2 Å². The first kappa shape index (κ1) is 13.3. The second-order valence-corrected chi connectivity index (χ2v) is 4.11. The van der Waals surface area contributed by atoms with Gasteiger partial charge in [0, 0.05) is 20.0 Å². The molecule has 0 radical (unpaired) electrons. The van der Waals surface area contributed by atoms with Crippen LogP contribution in [0.5, 0.6) is 0 Å². The van der Waals surface area contributed by atoms with Gasteiger partial charge in [-0.1, -0.05) is 0 Å². The molecule has 1 rings (SSSR count). The summed E-state index contributed by atoms with van der Waals surface area (Å²) in [5.41, 5.74) is -1.22. The minimum atomic E-state index is -1.35. The maximum Gasteiger partial charge on any atom is 0.216 e. The van der Waals surface area contributed by atoms with Crippen LogP contribution in [0.4, 0.5) is 0 Å². The molecular weight excluding hydrogens is 216 g/mol. The number of rotatable bonds is 3. The average Bonchev–Trinajstić information content (AvgIpc) is 2.26. The van der Waals surface area contributed by atoms with Crippen LogP contribution < -0.4 is 10.6 Å². The van der Waals surface area contributed by atoms with E-state index in [2.05, 4.69) is 10.6 Å². The van der Waals surface area contributed by atoms with Gasteiger partial charge >= 0.3 is 0 Å². The van der Waals surface area contributed by atoms with Crippen molar-refractivity contribution in [1.82, 2.24) is 10.6 Å². The molecule has 1 aliphatic rings. The van der Waals surface area contributed by atoms with Crippen LogP contribution in [0.1, 0.15) is 6.92 Å². The van der Waals surface area contributed by atoms with E-state index in [0.717, 1.165) is 0 Å². The number of piperidine rings is 1. The molecule has 0 saturated carbocycles. The van der Waals surface area contributed by atoms with Crippen LogP contribution in [0.3, 0.4) is 0 Å². The van der Waals surface area contributed by atoms with E-state index in [1.54, 1.807) is 0 Å². The van der Waals surface area contributed by atoms with E-state index in [1.807, 2.05) is 0 Å². The lowest BCUT2D eigenvalue weighted by Crippen LogP contribution is -2.73. The fraction of sp³-hybridized carbons (Fsp3) is 0.889. The molecule has 7 heteroatoms. The van der Waals surface area contributed by atoms with Gasteiger partial charge in [0.15, 0.2) is 0 Å². The Bertz CT molecular complexity index is 262. The van der Waals surface area contributed by atoms with E-state index in [-0.39, 0.29) is 19.0 Å². The zero-order chi connectivity index (χ0) is 12.3. The molecule has 4 atom stereocenters. The summed E-state index contributed by atoms with van der Waals surface area (Å²) in [5.74, 6) is -0.303. The van der Waals surface area contributed by atoms with Crippen molar-refractivity contribution < 1.29 is 25.2 Å². The normalized spacial score (nSPS) is 39.4. The number of carbonyl (C=O) groups is 1. The summed E-state index contributed by atoms with van der Waals surface area (Å²) in [6.45, 7) is 0.867. The van der Waals surface area contributed by atoms with Crippen molar-refractivity contribution in [3.05, 3.63) is 0 Å². The lowest BCUT2D eigenvalue weighted by atomic mass is 9.83. The van der Waals surface area contributed by atoms with E-state index >= 15 is 0 Å². The second kappa shape index (κ2) is 5.07. The largest absolute Gasteiger partial charge is 0.394 e. The van der Waals surface area contributed by atoms with Gasteiger partial charge in [0.1, 0.15) is 12.2 Å². The molecule has 7 nitrogen and oxygen atoms in total. The molecule has 4 unspecified atom stereocenters. The highest BCUT2D eigenvalue weighted by atomic mass is 16.4. The van der Waals surface area contributed by atoms with Gasteiger partial charge in [0.2, 0.25) is 5.91 Å². The van der Waals surface area contributed by atoms with Gasteiger partial charge in [-0.2, -0.15) is 0 Å². The Morgan fingerprint density at radius 3 is 2.62 bits per heavy atom. The molecule has 0 aromatic carbocycles. The molecule has 6 N–H and O–H groups in total. The molecule has 1 saturated heterocycles. The van der Waals surface area contributed by atoms with Crippen molar-refractivity contribution in [3.8, 4) is 0 Å². The quantitative estimate of drug-likeness (QED) is 0.302. The molecule has 0 aliphatic carbocycles. The minimum Gasteiger partial charge on any atom is -0.394 e. The number of hydrogen-bond donors (Lipinski definition) is 6. The van der Waals surface area contributed by atoms with Crippen molar-refractivity contribution in [1.29, 1.82) is 0 Å². The summed E-state index contributed by atoms with van der Waals surface area (Å²) >= 11 is 0. The Kier molecular flexibility index (Phi) is 4.22. The third kappa shape index (κ3) is 2.50. The second-order valence-electron chi connectivity index (χ2n) is 4.11. The first-order valence-corrected chi connectivity index (χ1v) is 5.07.